The molecule has 1 amide bonds. The van der Waals surface area contributed by atoms with E-state index in [0.717, 1.165) is 10.2 Å². The zero-order valence-electron chi connectivity index (χ0n) is 18.5. The van der Waals surface area contributed by atoms with Crippen LogP contribution in [-0.4, -0.2) is 48.9 Å². The van der Waals surface area contributed by atoms with E-state index >= 15 is 0 Å². The number of thiazole rings is 1. The number of hydrogen-bond donors (Lipinski definition) is 1. The summed E-state index contributed by atoms with van der Waals surface area (Å²) < 4.78 is 34.1. The largest absolute Gasteiger partial charge is 0.373 e. The molecule has 0 bridgehead atoms. The third kappa shape index (κ3) is 4.71. The minimum Gasteiger partial charge on any atom is -0.373 e. The van der Waals surface area contributed by atoms with Gasteiger partial charge in [-0.25, -0.2) is 13.4 Å². The predicted molar refractivity (Wildman–Crippen MR) is 127 cm³/mol. The van der Waals surface area contributed by atoms with E-state index in [1.165, 1.54) is 45.5 Å². The van der Waals surface area contributed by atoms with Gasteiger partial charge in [-0.2, -0.15) is 4.31 Å². The van der Waals surface area contributed by atoms with Crippen LogP contribution in [0.15, 0.2) is 47.4 Å². The monoisotopic (exact) mass is 473 g/mol. The number of rotatable bonds is 5. The van der Waals surface area contributed by atoms with Gasteiger partial charge < -0.3 is 4.74 Å². The van der Waals surface area contributed by atoms with Crippen LogP contribution in [0.4, 0.5) is 5.13 Å². The van der Waals surface area contributed by atoms with E-state index in [1.54, 1.807) is 0 Å². The van der Waals surface area contributed by atoms with Gasteiger partial charge in [0.2, 0.25) is 10.0 Å². The van der Waals surface area contributed by atoms with Gasteiger partial charge in [0.1, 0.15) is 0 Å². The Labute approximate surface area is 192 Å². The maximum atomic E-state index is 13.0. The van der Waals surface area contributed by atoms with Crippen molar-refractivity contribution in [2.45, 2.75) is 50.7 Å². The Morgan fingerprint density at radius 3 is 2.41 bits per heavy atom. The van der Waals surface area contributed by atoms with Gasteiger partial charge >= 0.3 is 0 Å². The van der Waals surface area contributed by atoms with E-state index in [0.29, 0.717) is 29.7 Å². The zero-order chi connectivity index (χ0) is 23.0. The predicted octanol–water partition coefficient (Wildman–Crippen LogP) is 4.47. The van der Waals surface area contributed by atoms with Crippen molar-refractivity contribution in [3.8, 4) is 0 Å². The molecule has 0 aliphatic carbocycles. The molecule has 1 saturated heterocycles. The van der Waals surface area contributed by atoms with Crippen molar-refractivity contribution >= 4 is 42.6 Å². The molecule has 170 valence electrons. The second-order valence-corrected chi connectivity index (χ2v) is 11.4. The van der Waals surface area contributed by atoms with Gasteiger partial charge in [-0.05, 0) is 61.7 Å². The summed E-state index contributed by atoms with van der Waals surface area (Å²) in [5.74, 6) is 0.0870. The third-order valence-electron chi connectivity index (χ3n) is 5.44. The van der Waals surface area contributed by atoms with E-state index in [9.17, 15) is 13.2 Å². The summed E-state index contributed by atoms with van der Waals surface area (Å²) in [6.07, 6.45) is -0.326. The van der Waals surface area contributed by atoms with Gasteiger partial charge in [0.15, 0.2) is 5.13 Å². The van der Waals surface area contributed by atoms with Gasteiger partial charge in [-0.1, -0.05) is 31.3 Å². The maximum Gasteiger partial charge on any atom is 0.257 e. The Bertz CT molecular complexity index is 1230. The average Bonchev–Trinajstić information content (AvgIpc) is 3.14. The quantitative estimate of drug-likeness (QED) is 0.591. The van der Waals surface area contributed by atoms with Crippen LogP contribution < -0.4 is 5.32 Å². The molecule has 2 atom stereocenters. The Morgan fingerprint density at radius 2 is 1.78 bits per heavy atom. The van der Waals surface area contributed by atoms with Crippen molar-refractivity contribution in [3.05, 3.63) is 53.6 Å². The lowest BCUT2D eigenvalue weighted by atomic mass is 10.0. The molecule has 0 spiro atoms. The number of benzene rings is 2. The van der Waals surface area contributed by atoms with Crippen molar-refractivity contribution in [1.82, 2.24) is 9.29 Å². The smallest absolute Gasteiger partial charge is 0.257 e. The first-order valence-electron chi connectivity index (χ1n) is 10.6. The van der Waals surface area contributed by atoms with Crippen LogP contribution in [0.5, 0.6) is 0 Å². The molecule has 2 aromatic carbocycles. The number of nitrogens with one attached hydrogen (secondary N) is 1. The van der Waals surface area contributed by atoms with E-state index < -0.39 is 10.0 Å². The van der Waals surface area contributed by atoms with Crippen molar-refractivity contribution in [1.29, 1.82) is 0 Å². The molecule has 0 saturated carbocycles. The molecule has 1 aromatic heterocycles. The molecule has 32 heavy (non-hydrogen) atoms. The topological polar surface area (TPSA) is 88.6 Å². The molecule has 9 heteroatoms. The van der Waals surface area contributed by atoms with Gasteiger partial charge in [0.05, 0.1) is 27.3 Å². The first kappa shape index (κ1) is 22.8. The molecule has 1 fully saturated rings. The summed E-state index contributed by atoms with van der Waals surface area (Å²) >= 11 is 1.42. The van der Waals surface area contributed by atoms with Gasteiger partial charge in [-0.15, -0.1) is 0 Å². The fraction of sp³-hybridized carbons (Fsp3) is 0.391. The number of carbonyl (C=O) groups is 1. The maximum absolute atomic E-state index is 13.0. The number of morpholine rings is 1. The molecule has 1 N–H and O–H groups in total. The molecule has 0 unspecified atom stereocenters. The van der Waals surface area contributed by atoms with E-state index in [4.69, 9.17) is 4.74 Å². The fourth-order valence-corrected chi connectivity index (χ4v) is 6.28. The molecule has 4 rings (SSSR count). The Kier molecular flexibility index (Phi) is 6.35. The molecule has 1 aliphatic rings. The molecular formula is C23H27N3O4S2. The Morgan fingerprint density at radius 1 is 1.12 bits per heavy atom. The van der Waals surface area contributed by atoms with E-state index in [1.807, 2.05) is 26.0 Å². The standard InChI is InChI=1S/C23H27N3O4S2/c1-14(2)18-7-10-20-21(11-18)31-23(24-20)25-22(27)17-5-8-19(9-6-17)32(28,29)26-12-15(3)30-16(4)13-26/h5-11,14-16H,12-13H2,1-4H3,(H,24,25,27)/t15-,16+. The number of aromatic nitrogens is 1. The summed E-state index contributed by atoms with van der Waals surface area (Å²) in [4.78, 5) is 17.3. The SMILES string of the molecule is CC(C)c1ccc2nc(NC(=O)c3ccc(S(=O)(=O)N4C[C@@H](C)O[C@@H](C)C4)cc3)sc2c1. The number of carbonyl (C=O) groups excluding carboxylic acids is 1. The highest BCUT2D eigenvalue weighted by molar-refractivity contribution is 7.89. The van der Waals surface area contributed by atoms with Crippen LogP contribution in [0.3, 0.4) is 0 Å². The minimum absolute atomic E-state index is 0.163. The van der Waals surface area contributed by atoms with Crippen molar-refractivity contribution in [2.75, 3.05) is 18.4 Å². The number of fused-ring (bicyclic) bond motifs is 1. The molecular weight excluding hydrogens is 446 g/mol. The number of hydrogen-bond acceptors (Lipinski definition) is 6. The first-order valence-corrected chi connectivity index (χ1v) is 12.9. The second kappa shape index (κ2) is 8.90. The first-order chi connectivity index (χ1) is 15.1. The fourth-order valence-electron chi connectivity index (χ4n) is 3.78. The number of sulfonamides is 1. The summed E-state index contributed by atoms with van der Waals surface area (Å²) in [7, 11) is -3.65. The second-order valence-electron chi connectivity index (χ2n) is 8.46. The summed E-state index contributed by atoms with van der Waals surface area (Å²) in [5, 5.41) is 3.33. The number of nitrogens with zero attached hydrogens (tertiary/aromatic N) is 2. The molecule has 2 heterocycles. The summed E-state index contributed by atoms with van der Waals surface area (Å²) in [6, 6.07) is 12.1. The lowest BCUT2D eigenvalue weighted by Crippen LogP contribution is -2.48. The van der Waals surface area contributed by atoms with Crippen LogP contribution >= 0.6 is 11.3 Å². The number of anilines is 1. The van der Waals surface area contributed by atoms with E-state index in [-0.39, 0.29) is 23.0 Å². The lowest BCUT2D eigenvalue weighted by molar-refractivity contribution is -0.0440. The highest BCUT2D eigenvalue weighted by atomic mass is 32.2. The number of amides is 1. The van der Waals surface area contributed by atoms with Crippen molar-refractivity contribution < 1.29 is 17.9 Å². The lowest BCUT2D eigenvalue weighted by Gasteiger charge is -2.34. The van der Waals surface area contributed by atoms with Gasteiger partial charge in [-0.3, -0.25) is 10.1 Å². The van der Waals surface area contributed by atoms with Crippen LogP contribution in [0, 0.1) is 0 Å². The van der Waals surface area contributed by atoms with Crippen molar-refractivity contribution in [3.63, 3.8) is 0 Å². The van der Waals surface area contributed by atoms with E-state index in [2.05, 4.69) is 30.2 Å². The molecule has 3 aromatic rings. The summed E-state index contributed by atoms with van der Waals surface area (Å²) in [6.45, 7) is 8.61. The molecule has 7 nitrogen and oxygen atoms in total. The van der Waals surface area contributed by atoms with Crippen molar-refractivity contribution in [2.24, 2.45) is 0 Å². The summed E-state index contributed by atoms with van der Waals surface area (Å²) in [5.41, 5.74) is 2.43. The normalized spacial score (nSPS) is 20.0. The van der Waals surface area contributed by atoms with Crippen LogP contribution in [0.2, 0.25) is 0 Å². The van der Waals surface area contributed by atoms with Gasteiger partial charge in [0.25, 0.3) is 5.91 Å². The highest BCUT2D eigenvalue weighted by Crippen LogP contribution is 2.29. The molecule has 0 radical (unpaired) electrons. The highest BCUT2D eigenvalue weighted by Gasteiger charge is 2.32. The Balaban J connectivity index is 1.49. The van der Waals surface area contributed by atoms with Gasteiger partial charge in [0, 0.05) is 18.7 Å². The number of ether oxygens (including phenoxy) is 1. The third-order valence-corrected chi connectivity index (χ3v) is 8.22. The zero-order valence-corrected chi connectivity index (χ0v) is 20.2. The van der Waals surface area contributed by atoms with Crippen LogP contribution in [0.25, 0.3) is 10.2 Å². The minimum atomic E-state index is -3.65. The van der Waals surface area contributed by atoms with Crippen LogP contribution in [-0.2, 0) is 14.8 Å². The van der Waals surface area contributed by atoms with Crippen LogP contribution in [0.1, 0.15) is 49.5 Å². The Hall–Kier alpha value is -2.33. The average molecular weight is 474 g/mol. The molecule has 1 aliphatic heterocycles.